The first-order chi connectivity index (χ1) is 10.5. The third-order valence-electron chi connectivity index (χ3n) is 4.48. The summed E-state index contributed by atoms with van der Waals surface area (Å²) in [6, 6.07) is 3.55. The van der Waals surface area contributed by atoms with E-state index in [2.05, 4.69) is 16.9 Å². The number of pyridine rings is 1. The molecular formula is C16H18ClN3OS. The van der Waals surface area contributed by atoms with Crippen LogP contribution in [0.5, 0.6) is 0 Å². The van der Waals surface area contributed by atoms with E-state index in [0.717, 1.165) is 12.8 Å². The Morgan fingerprint density at radius 3 is 2.82 bits per heavy atom. The van der Waals surface area contributed by atoms with Crippen LogP contribution in [-0.2, 0) is 0 Å². The van der Waals surface area contributed by atoms with Crippen LogP contribution >= 0.6 is 22.9 Å². The molecule has 0 atom stereocenters. The van der Waals surface area contributed by atoms with Gasteiger partial charge in [-0.05, 0) is 31.9 Å². The molecule has 0 aromatic carbocycles. The molecule has 2 heterocycles. The van der Waals surface area contributed by atoms with Gasteiger partial charge in [-0.3, -0.25) is 9.78 Å². The van der Waals surface area contributed by atoms with E-state index in [9.17, 15) is 4.79 Å². The minimum Gasteiger partial charge on any atom is -0.335 e. The quantitative estimate of drug-likeness (QED) is 0.841. The summed E-state index contributed by atoms with van der Waals surface area (Å²) >= 11 is 7.54. The lowest BCUT2D eigenvalue weighted by atomic mass is 9.98. The number of halogens is 1. The number of carbonyl (C=O) groups excluding carboxylic acids is 1. The van der Waals surface area contributed by atoms with Gasteiger partial charge in [-0.1, -0.05) is 24.4 Å². The van der Waals surface area contributed by atoms with Gasteiger partial charge in [-0.15, -0.1) is 11.3 Å². The van der Waals surface area contributed by atoms with Crippen molar-refractivity contribution in [3.63, 3.8) is 0 Å². The molecule has 0 bridgehead atoms. The molecular weight excluding hydrogens is 318 g/mol. The molecule has 3 rings (SSSR count). The van der Waals surface area contributed by atoms with Crippen LogP contribution in [0.25, 0.3) is 10.7 Å². The predicted octanol–water partition coefficient (Wildman–Crippen LogP) is 4.26. The Hall–Kier alpha value is -1.46. The van der Waals surface area contributed by atoms with Gasteiger partial charge >= 0.3 is 0 Å². The number of rotatable bonds is 3. The second-order valence-corrected chi connectivity index (χ2v) is 7.21. The molecule has 116 valence electrons. The molecule has 0 aliphatic heterocycles. The van der Waals surface area contributed by atoms with Crippen molar-refractivity contribution in [2.24, 2.45) is 0 Å². The van der Waals surface area contributed by atoms with Gasteiger partial charge in [-0.2, -0.15) is 0 Å². The smallest absolute Gasteiger partial charge is 0.273 e. The number of nitrogens with zero attached hydrogens (tertiary/aromatic N) is 3. The molecule has 1 fully saturated rings. The van der Waals surface area contributed by atoms with E-state index < -0.39 is 0 Å². The van der Waals surface area contributed by atoms with Crippen molar-refractivity contribution in [1.82, 2.24) is 14.9 Å². The third kappa shape index (κ3) is 2.75. The highest BCUT2D eigenvalue weighted by Gasteiger charge is 2.36. The van der Waals surface area contributed by atoms with Crippen LogP contribution in [0.4, 0.5) is 0 Å². The molecule has 0 radical (unpaired) electrons. The standard InChI is InChI=1S/C16H18ClN3OS/c1-16(7-3-4-8-16)20(2)15(21)12-10-22-14(19-12)13-11(17)6-5-9-18-13/h5-6,9-10H,3-4,7-8H2,1-2H3. The van der Waals surface area contributed by atoms with E-state index in [4.69, 9.17) is 11.6 Å². The Kier molecular flexibility index (Phi) is 4.19. The van der Waals surface area contributed by atoms with Gasteiger partial charge in [-0.25, -0.2) is 4.98 Å². The molecule has 0 spiro atoms. The van der Waals surface area contributed by atoms with Gasteiger partial charge in [0.15, 0.2) is 0 Å². The SMILES string of the molecule is CN(C(=O)c1csc(-c2ncccc2Cl)n1)C1(C)CCCC1. The Balaban J connectivity index is 1.85. The van der Waals surface area contributed by atoms with Crippen LogP contribution in [0.15, 0.2) is 23.7 Å². The van der Waals surface area contributed by atoms with E-state index in [1.807, 2.05) is 11.9 Å². The van der Waals surface area contributed by atoms with Crippen LogP contribution in [0.3, 0.4) is 0 Å². The summed E-state index contributed by atoms with van der Waals surface area (Å²) in [5.41, 5.74) is 1.05. The second-order valence-electron chi connectivity index (χ2n) is 5.94. The van der Waals surface area contributed by atoms with Crippen LogP contribution in [0.1, 0.15) is 43.1 Å². The highest BCUT2D eigenvalue weighted by molar-refractivity contribution is 7.13. The lowest BCUT2D eigenvalue weighted by Crippen LogP contribution is -2.45. The summed E-state index contributed by atoms with van der Waals surface area (Å²) in [6.45, 7) is 2.15. The van der Waals surface area contributed by atoms with Crippen molar-refractivity contribution in [3.8, 4) is 10.7 Å². The molecule has 1 aliphatic rings. The number of aromatic nitrogens is 2. The maximum absolute atomic E-state index is 12.7. The van der Waals surface area contributed by atoms with Crippen LogP contribution in [-0.4, -0.2) is 33.4 Å². The average molecular weight is 336 g/mol. The summed E-state index contributed by atoms with van der Waals surface area (Å²) in [5.74, 6) is -0.0287. The van der Waals surface area contributed by atoms with E-state index in [1.165, 1.54) is 24.2 Å². The highest BCUT2D eigenvalue weighted by Crippen LogP contribution is 2.35. The van der Waals surface area contributed by atoms with Crippen LogP contribution < -0.4 is 0 Å². The molecule has 4 nitrogen and oxygen atoms in total. The molecule has 0 N–H and O–H groups in total. The second kappa shape index (κ2) is 5.97. The first-order valence-corrected chi connectivity index (χ1v) is 8.62. The molecule has 0 unspecified atom stereocenters. The van der Waals surface area contributed by atoms with Crippen molar-refractivity contribution in [2.45, 2.75) is 38.1 Å². The summed E-state index contributed by atoms with van der Waals surface area (Å²) < 4.78 is 0. The monoisotopic (exact) mass is 335 g/mol. The Morgan fingerprint density at radius 1 is 1.41 bits per heavy atom. The summed E-state index contributed by atoms with van der Waals surface area (Å²) in [6.07, 6.45) is 6.15. The van der Waals surface area contributed by atoms with Gasteiger partial charge in [0.1, 0.15) is 16.4 Å². The van der Waals surface area contributed by atoms with Crippen LogP contribution in [0, 0.1) is 0 Å². The number of carbonyl (C=O) groups is 1. The van der Waals surface area contributed by atoms with Crippen molar-refractivity contribution in [3.05, 3.63) is 34.4 Å². The first-order valence-electron chi connectivity index (χ1n) is 7.36. The van der Waals surface area contributed by atoms with Gasteiger partial charge < -0.3 is 4.90 Å². The van der Waals surface area contributed by atoms with Crippen molar-refractivity contribution in [2.75, 3.05) is 7.05 Å². The molecule has 2 aromatic rings. The number of thiazole rings is 1. The van der Waals surface area contributed by atoms with Crippen LogP contribution in [0.2, 0.25) is 5.02 Å². The molecule has 1 saturated carbocycles. The van der Waals surface area contributed by atoms with Gasteiger partial charge in [0.2, 0.25) is 0 Å². The molecule has 0 saturated heterocycles. The summed E-state index contributed by atoms with van der Waals surface area (Å²) in [5, 5.41) is 3.02. The normalized spacial score (nSPS) is 16.7. The van der Waals surface area contributed by atoms with Gasteiger partial charge in [0.25, 0.3) is 5.91 Å². The maximum Gasteiger partial charge on any atom is 0.273 e. The molecule has 2 aromatic heterocycles. The first kappa shape index (κ1) is 15.4. The fourth-order valence-electron chi connectivity index (χ4n) is 2.91. The Morgan fingerprint density at radius 2 is 2.14 bits per heavy atom. The highest BCUT2D eigenvalue weighted by atomic mass is 35.5. The average Bonchev–Trinajstić information content (AvgIpc) is 3.16. The minimum absolute atomic E-state index is 0.0287. The lowest BCUT2D eigenvalue weighted by Gasteiger charge is -2.35. The number of hydrogen-bond donors (Lipinski definition) is 0. The topological polar surface area (TPSA) is 46.1 Å². The molecule has 22 heavy (non-hydrogen) atoms. The molecule has 1 aliphatic carbocycles. The predicted molar refractivity (Wildman–Crippen MR) is 89.3 cm³/mol. The number of amides is 1. The minimum atomic E-state index is -0.0521. The summed E-state index contributed by atoms with van der Waals surface area (Å²) in [4.78, 5) is 23.2. The zero-order valence-corrected chi connectivity index (χ0v) is 14.2. The largest absolute Gasteiger partial charge is 0.335 e. The lowest BCUT2D eigenvalue weighted by molar-refractivity contribution is 0.0601. The van der Waals surface area contributed by atoms with E-state index in [0.29, 0.717) is 21.4 Å². The summed E-state index contributed by atoms with van der Waals surface area (Å²) in [7, 11) is 1.88. The number of hydrogen-bond acceptors (Lipinski definition) is 4. The fraction of sp³-hybridized carbons (Fsp3) is 0.438. The van der Waals surface area contributed by atoms with E-state index >= 15 is 0 Å². The molecule has 6 heteroatoms. The van der Waals surface area contributed by atoms with Crippen molar-refractivity contribution in [1.29, 1.82) is 0 Å². The van der Waals surface area contributed by atoms with Crippen molar-refractivity contribution >= 4 is 28.8 Å². The van der Waals surface area contributed by atoms with Gasteiger partial charge in [0, 0.05) is 24.2 Å². The Labute approximate surface area is 139 Å². The Bertz CT molecular complexity index is 694. The van der Waals surface area contributed by atoms with E-state index in [-0.39, 0.29) is 11.4 Å². The molecule has 1 amide bonds. The fourth-order valence-corrected chi connectivity index (χ4v) is 3.98. The zero-order chi connectivity index (χ0) is 15.7. The van der Waals surface area contributed by atoms with Gasteiger partial charge in [0.05, 0.1) is 5.02 Å². The van der Waals surface area contributed by atoms with E-state index in [1.54, 1.807) is 23.7 Å². The maximum atomic E-state index is 12.7. The zero-order valence-electron chi connectivity index (χ0n) is 12.7. The van der Waals surface area contributed by atoms with Crippen molar-refractivity contribution < 1.29 is 4.79 Å². The third-order valence-corrected chi connectivity index (χ3v) is 5.63.